The first-order valence-electron chi connectivity index (χ1n) is 7.24. The van der Waals surface area contributed by atoms with Gasteiger partial charge >= 0.3 is 0 Å². The summed E-state index contributed by atoms with van der Waals surface area (Å²) in [7, 11) is 1.81. The number of fused-ring (bicyclic) bond motifs is 1. The molecule has 0 unspecified atom stereocenters. The molecule has 3 rings (SSSR count). The van der Waals surface area contributed by atoms with Crippen LogP contribution in [0.3, 0.4) is 0 Å². The van der Waals surface area contributed by atoms with E-state index in [2.05, 4.69) is 10.1 Å². The van der Waals surface area contributed by atoms with Crippen LogP contribution in [0, 0.1) is 6.92 Å². The molecule has 21 heavy (non-hydrogen) atoms. The molecule has 0 spiro atoms. The maximum absolute atomic E-state index is 12.2. The van der Waals surface area contributed by atoms with Crippen LogP contribution in [0.1, 0.15) is 40.6 Å². The first-order valence-corrected chi connectivity index (χ1v) is 8.12. The Hall–Kier alpha value is -1.69. The molecule has 112 valence electrons. The van der Waals surface area contributed by atoms with Gasteiger partial charge in [-0.2, -0.15) is 0 Å². The van der Waals surface area contributed by atoms with Crippen LogP contribution in [-0.4, -0.2) is 28.0 Å². The summed E-state index contributed by atoms with van der Waals surface area (Å²) in [5.41, 5.74) is 2.97. The highest BCUT2D eigenvalue weighted by molar-refractivity contribution is 7.09. The minimum Gasteiger partial charge on any atom is -0.361 e. The van der Waals surface area contributed by atoms with Gasteiger partial charge in [-0.15, -0.1) is 11.3 Å². The number of likely N-dealkylation sites (N-methyl/N-ethyl adjacent to an activating group) is 1. The van der Waals surface area contributed by atoms with Gasteiger partial charge in [0, 0.05) is 24.4 Å². The number of thiazole rings is 1. The van der Waals surface area contributed by atoms with Crippen molar-refractivity contribution in [1.82, 2.24) is 15.0 Å². The SMILES string of the molecule is Cc1nc(CC(=O)N(C)Cc2noc3c2CCCC3)cs1. The van der Waals surface area contributed by atoms with Crippen molar-refractivity contribution < 1.29 is 9.32 Å². The average Bonchev–Trinajstić information content (AvgIpc) is 3.06. The largest absolute Gasteiger partial charge is 0.361 e. The van der Waals surface area contributed by atoms with E-state index in [0.717, 1.165) is 35.0 Å². The zero-order valence-electron chi connectivity index (χ0n) is 12.4. The van der Waals surface area contributed by atoms with E-state index >= 15 is 0 Å². The van der Waals surface area contributed by atoms with Gasteiger partial charge in [-0.25, -0.2) is 4.98 Å². The Labute approximate surface area is 128 Å². The number of aryl methyl sites for hydroxylation is 2. The molecule has 5 nitrogen and oxygen atoms in total. The quantitative estimate of drug-likeness (QED) is 0.871. The van der Waals surface area contributed by atoms with Gasteiger partial charge in [-0.3, -0.25) is 4.79 Å². The Bertz CT molecular complexity index is 647. The second-order valence-electron chi connectivity index (χ2n) is 5.52. The van der Waals surface area contributed by atoms with E-state index in [0.29, 0.717) is 13.0 Å². The Morgan fingerprint density at radius 3 is 3.00 bits per heavy atom. The monoisotopic (exact) mass is 305 g/mol. The molecule has 2 aromatic heterocycles. The molecule has 0 saturated heterocycles. The Morgan fingerprint density at radius 2 is 2.24 bits per heavy atom. The van der Waals surface area contributed by atoms with Gasteiger partial charge in [-0.05, 0) is 26.2 Å². The summed E-state index contributed by atoms with van der Waals surface area (Å²) in [6, 6.07) is 0. The second kappa shape index (κ2) is 5.97. The lowest BCUT2D eigenvalue weighted by molar-refractivity contribution is -0.129. The first-order chi connectivity index (χ1) is 10.1. The van der Waals surface area contributed by atoms with Crippen LogP contribution in [0.15, 0.2) is 9.90 Å². The molecule has 1 aliphatic rings. The maximum atomic E-state index is 12.2. The van der Waals surface area contributed by atoms with E-state index in [9.17, 15) is 4.79 Å². The van der Waals surface area contributed by atoms with Crippen LogP contribution in [0.4, 0.5) is 0 Å². The minimum atomic E-state index is 0.0628. The fraction of sp³-hybridized carbons (Fsp3) is 0.533. The van der Waals surface area contributed by atoms with Crippen LogP contribution in [0.2, 0.25) is 0 Å². The van der Waals surface area contributed by atoms with E-state index in [-0.39, 0.29) is 5.91 Å². The minimum absolute atomic E-state index is 0.0628. The molecule has 0 bridgehead atoms. The maximum Gasteiger partial charge on any atom is 0.228 e. The van der Waals surface area contributed by atoms with Crippen molar-refractivity contribution in [2.75, 3.05) is 7.05 Å². The van der Waals surface area contributed by atoms with E-state index in [1.165, 1.54) is 18.4 Å². The second-order valence-corrected chi connectivity index (χ2v) is 6.58. The van der Waals surface area contributed by atoms with E-state index in [1.54, 1.807) is 16.2 Å². The van der Waals surface area contributed by atoms with Crippen LogP contribution >= 0.6 is 11.3 Å². The molecule has 0 aliphatic heterocycles. The van der Waals surface area contributed by atoms with Crippen molar-refractivity contribution in [3.05, 3.63) is 33.1 Å². The molecule has 0 aromatic carbocycles. The van der Waals surface area contributed by atoms with Gasteiger partial charge in [0.05, 0.1) is 23.7 Å². The van der Waals surface area contributed by atoms with Crippen molar-refractivity contribution in [3.63, 3.8) is 0 Å². The fourth-order valence-electron chi connectivity index (χ4n) is 2.67. The van der Waals surface area contributed by atoms with Gasteiger partial charge in [0.2, 0.25) is 5.91 Å². The third-order valence-corrected chi connectivity index (χ3v) is 4.67. The normalized spacial score (nSPS) is 14.0. The summed E-state index contributed by atoms with van der Waals surface area (Å²) in [5, 5.41) is 7.08. The third-order valence-electron chi connectivity index (χ3n) is 3.84. The molecular formula is C15H19N3O2S. The van der Waals surface area contributed by atoms with Crippen LogP contribution in [-0.2, 0) is 30.6 Å². The average molecular weight is 305 g/mol. The molecule has 1 amide bonds. The molecule has 0 saturated carbocycles. The smallest absolute Gasteiger partial charge is 0.228 e. The predicted octanol–water partition coefficient (Wildman–Crippen LogP) is 2.52. The number of aromatic nitrogens is 2. The standard InChI is InChI=1S/C15H19N3O2S/c1-10-16-11(9-21-10)7-15(19)18(2)8-13-12-5-3-4-6-14(12)20-17-13/h9H,3-8H2,1-2H3. The highest BCUT2D eigenvalue weighted by Gasteiger charge is 2.21. The lowest BCUT2D eigenvalue weighted by atomic mass is 9.96. The lowest BCUT2D eigenvalue weighted by Gasteiger charge is -2.16. The Morgan fingerprint density at radius 1 is 1.43 bits per heavy atom. The Kier molecular flexibility index (Phi) is 4.05. The van der Waals surface area contributed by atoms with Gasteiger partial charge in [0.15, 0.2) is 0 Å². The van der Waals surface area contributed by atoms with Crippen molar-refractivity contribution in [1.29, 1.82) is 0 Å². The van der Waals surface area contributed by atoms with Crippen LogP contribution < -0.4 is 0 Å². The van der Waals surface area contributed by atoms with Gasteiger partial charge < -0.3 is 9.42 Å². The number of nitrogens with zero attached hydrogens (tertiary/aromatic N) is 3. The molecule has 6 heteroatoms. The number of hydrogen-bond acceptors (Lipinski definition) is 5. The van der Waals surface area contributed by atoms with Gasteiger partial charge in [-0.1, -0.05) is 5.16 Å². The molecule has 2 heterocycles. The molecule has 0 atom stereocenters. The topological polar surface area (TPSA) is 59.2 Å². The van der Waals surface area contributed by atoms with Gasteiger partial charge in [0.1, 0.15) is 11.5 Å². The van der Waals surface area contributed by atoms with E-state index in [1.807, 2.05) is 19.4 Å². The van der Waals surface area contributed by atoms with Crippen LogP contribution in [0.5, 0.6) is 0 Å². The van der Waals surface area contributed by atoms with Gasteiger partial charge in [0.25, 0.3) is 0 Å². The molecule has 0 fully saturated rings. The predicted molar refractivity (Wildman–Crippen MR) is 80.2 cm³/mol. The third kappa shape index (κ3) is 3.15. The summed E-state index contributed by atoms with van der Waals surface area (Å²) < 4.78 is 5.39. The number of hydrogen-bond donors (Lipinski definition) is 0. The van der Waals surface area contributed by atoms with E-state index in [4.69, 9.17) is 4.52 Å². The summed E-state index contributed by atoms with van der Waals surface area (Å²) in [4.78, 5) is 18.3. The summed E-state index contributed by atoms with van der Waals surface area (Å²) in [6.45, 7) is 2.46. The molecule has 0 N–H and O–H groups in total. The lowest BCUT2D eigenvalue weighted by Crippen LogP contribution is -2.28. The number of carbonyl (C=O) groups excluding carboxylic acids is 1. The zero-order valence-corrected chi connectivity index (χ0v) is 13.2. The Balaban J connectivity index is 1.64. The van der Waals surface area contributed by atoms with Crippen LogP contribution in [0.25, 0.3) is 0 Å². The van der Waals surface area contributed by atoms with Crippen molar-refractivity contribution in [2.45, 2.75) is 45.6 Å². The highest BCUT2D eigenvalue weighted by Crippen LogP contribution is 2.25. The summed E-state index contributed by atoms with van der Waals surface area (Å²) in [5.74, 6) is 1.07. The fourth-order valence-corrected chi connectivity index (χ4v) is 3.28. The summed E-state index contributed by atoms with van der Waals surface area (Å²) >= 11 is 1.57. The van der Waals surface area contributed by atoms with Crippen molar-refractivity contribution in [3.8, 4) is 0 Å². The van der Waals surface area contributed by atoms with Crippen molar-refractivity contribution >= 4 is 17.2 Å². The molecular weight excluding hydrogens is 286 g/mol. The number of amides is 1. The summed E-state index contributed by atoms with van der Waals surface area (Å²) in [6.07, 6.45) is 4.68. The number of rotatable bonds is 4. The molecule has 1 aliphatic carbocycles. The first kappa shape index (κ1) is 14.3. The molecule has 2 aromatic rings. The number of carbonyl (C=O) groups is 1. The van der Waals surface area contributed by atoms with E-state index < -0.39 is 0 Å². The van der Waals surface area contributed by atoms with Crippen molar-refractivity contribution in [2.24, 2.45) is 0 Å². The highest BCUT2D eigenvalue weighted by atomic mass is 32.1. The molecule has 0 radical (unpaired) electrons. The zero-order chi connectivity index (χ0) is 14.8.